The molecule has 2 heterocycles. The average Bonchev–Trinajstić information content (AvgIpc) is 3.33. The quantitative estimate of drug-likeness (QED) is 0.878. The van der Waals surface area contributed by atoms with Crippen LogP contribution in [-0.2, 0) is 7.05 Å². The molecule has 3 rings (SSSR count). The summed E-state index contributed by atoms with van der Waals surface area (Å²) in [6, 6.07) is 3.20. The standard InChI is InChI=1S/C16H20N4O3/c1-20-9-8-17-14(20)13(10-4-5-10)19-15(21)11-6-7-12(22-2)18-16(11)23-3/h6-10,13H,4-5H2,1-3H3,(H,19,21). The summed E-state index contributed by atoms with van der Waals surface area (Å²) in [6.07, 6.45) is 5.81. The molecule has 7 heteroatoms. The zero-order valence-corrected chi connectivity index (χ0v) is 13.4. The van der Waals surface area contributed by atoms with Crippen LogP contribution in [0, 0.1) is 5.92 Å². The topological polar surface area (TPSA) is 78.3 Å². The van der Waals surface area contributed by atoms with Gasteiger partial charge in [0.15, 0.2) is 0 Å². The van der Waals surface area contributed by atoms with Gasteiger partial charge in [-0.25, -0.2) is 4.98 Å². The molecular weight excluding hydrogens is 296 g/mol. The summed E-state index contributed by atoms with van der Waals surface area (Å²) in [6.45, 7) is 0. The second-order valence-corrected chi connectivity index (χ2v) is 5.60. The number of aromatic nitrogens is 3. The highest BCUT2D eigenvalue weighted by Crippen LogP contribution is 2.40. The predicted octanol–water partition coefficient (Wildman–Crippen LogP) is 1.71. The summed E-state index contributed by atoms with van der Waals surface area (Å²) in [5.41, 5.74) is 0.383. The summed E-state index contributed by atoms with van der Waals surface area (Å²) in [5.74, 6) is 1.72. The van der Waals surface area contributed by atoms with Crippen molar-refractivity contribution in [2.45, 2.75) is 18.9 Å². The van der Waals surface area contributed by atoms with E-state index >= 15 is 0 Å². The maximum Gasteiger partial charge on any atom is 0.257 e. The van der Waals surface area contributed by atoms with Crippen LogP contribution in [0.15, 0.2) is 24.5 Å². The van der Waals surface area contributed by atoms with Crippen molar-refractivity contribution in [3.63, 3.8) is 0 Å². The van der Waals surface area contributed by atoms with E-state index < -0.39 is 0 Å². The van der Waals surface area contributed by atoms with Gasteiger partial charge in [-0.2, -0.15) is 4.98 Å². The Kier molecular flexibility index (Phi) is 4.18. The number of imidazole rings is 1. The number of amides is 1. The largest absolute Gasteiger partial charge is 0.481 e. The number of ether oxygens (including phenoxy) is 2. The molecule has 1 aliphatic carbocycles. The molecule has 1 aliphatic rings. The van der Waals surface area contributed by atoms with Crippen LogP contribution >= 0.6 is 0 Å². The first-order valence-corrected chi connectivity index (χ1v) is 7.51. The zero-order valence-electron chi connectivity index (χ0n) is 13.4. The van der Waals surface area contributed by atoms with Crippen molar-refractivity contribution in [2.24, 2.45) is 13.0 Å². The lowest BCUT2D eigenvalue weighted by atomic mass is 10.1. The summed E-state index contributed by atoms with van der Waals surface area (Å²) < 4.78 is 12.2. The average molecular weight is 316 g/mol. The van der Waals surface area contributed by atoms with Gasteiger partial charge in [0.2, 0.25) is 11.8 Å². The molecule has 0 aromatic carbocycles. The third-order valence-electron chi connectivity index (χ3n) is 4.00. The lowest BCUT2D eigenvalue weighted by Crippen LogP contribution is -2.32. The highest BCUT2D eigenvalue weighted by atomic mass is 16.5. The number of carbonyl (C=O) groups excluding carboxylic acids is 1. The Morgan fingerprint density at radius 1 is 1.35 bits per heavy atom. The minimum absolute atomic E-state index is 0.102. The van der Waals surface area contributed by atoms with Crippen LogP contribution in [0.2, 0.25) is 0 Å². The number of pyridine rings is 1. The summed E-state index contributed by atoms with van der Waals surface area (Å²) in [4.78, 5) is 21.2. The lowest BCUT2D eigenvalue weighted by molar-refractivity contribution is 0.0925. The van der Waals surface area contributed by atoms with Gasteiger partial charge in [0.25, 0.3) is 5.91 Å². The van der Waals surface area contributed by atoms with Crippen LogP contribution < -0.4 is 14.8 Å². The molecule has 1 unspecified atom stereocenters. The Bertz CT molecular complexity index is 709. The highest BCUT2D eigenvalue weighted by Gasteiger charge is 2.36. The Balaban J connectivity index is 1.84. The van der Waals surface area contributed by atoms with E-state index in [0.29, 0.717) is 17.4 Å². The molecule has 1 N–H and O–H groups in total. The van der Waals surface area contributed by atoms with E-state index in [1.807, 2.05) is 17.8 Å². The lowest BCUT2D eigenvalue weighted by Gasteiger charge is -2.18. The maximum absolute atomic E-state index is 12.7. The number of methoxy groups -OCH3 is 2. The monoisotopic (exact) mass is 316 g/mol. The molecule has 2 aromatic heterocycles. The van der Waals surface area contributed by atoms with Crippen LogP contribution in [0.4, 0.5) is 0 Å². The van der Waals surface area contributed by atoms with Gasteiger partial charge in [-0.05, 0) is 24.8 Å². The van der Waals surface area contributed by atoms with Gasteiger partial charge < -0.3 is 19.4 Å². The van der Waals surface area contributed by atoms with Gasteiger partial charge in [-0.15, -0.1) is 0 Å². The first-order chi connectivity index (χ1) is 11.1. The zero-order chi connectivity index (χ0) is 16.4. The molecule has 1 amide bonds. The molecular formula is C16H20N4O3. The van der Waals surface area contributed by atoms with Crippen molar-refractivity contribution < 1.29 is 14.3 Å². The molecule has 0 spiro atoms. The number of rotatable bonds is 6. The van der Waals surface area contributed by atoms with Crippen molar-refractivity contribution in [1.29, 1.82) is 0 Å². The van der Waals surface area contributed by atoms with E-state index in [1.54, 1.807) is 18.3 Å². The molecule has 7 nitrogen and oxygen atoms in total. The van der Waals surface area contributed by atoms with Gasteiger partial charge in [0, 0.05) is 25.5 Å². The number of carbonyl (C=O) groups is 1. The van der Waals surface area contributed by atoms with Crippen molar-refractivity contribution in [3.8, 4) is 11.8 Å². The smallest absolute Gasteiger partial charge is 0.257 e. The van der Waals surface area contributed by atoms with Gasteiger partial charge in [0.05, 0.1) is 20.3 Å². The Morgan fingerprint density at radius 3 is 2.70 bits per heavy atom. The number of nitrogens with zero attached hydrogens (tertiary/aromatic N) is 3. The molecule has 1 fully saturated rings. The van der Waals surface area contributed by atoms with E-state index in [2.05, 4.69) is 15.3 Å². The Hall–Kier alpha value is -2.57. The SMILES string of the molecule is COc1ccc(C(=O)NC(c2nccn2C)C2CC2)c(OC)n1. The van der Waals surface area contributed by atoms with E-state index in [4.69, 9.17) is 9.47 Å². The van der Waals surface area contributed by atoms with Gasteiger partial charge in [-0.3, -0.25) is 4.79 Å². The summed E-state index contributed by atoms with van der Waals surface area (Å²) in [5, 5.41) is 3.07. The molecule has 2 aromatic rings. The van der Waals surface area contributed by atoms with Crippen LogP contribution in [0.5, 0.6) is 11.8 Å². The minimum atomic E-state index is -0.225. The fraction of sp³-hybridized carbons (Fsp3) is 0.438. The minimum Gasteiger partial charge on any atom is -0.481 e. The molecule has 0 saturated heterocycles. The molecule has 23 heavy (non-hydrogen) atoms. The van der Waals surface area contributed by atoms with Crippen molar-refractivity contribution in [2.75, 3.05) is 14.2 Å². The van der Waals surface area contributed by atoms with Crippen molar-refractivity contribution in [3.05, 3.63) is 35.9 Å². The first-order valence-electron chi connectivity index (χ1n) is 7.51. The Labute approximate surface area is 134 Å². The van der Waals surface area contributed by atoms with Gasteiger partial charge in [-0.1, -0.05) is 0 Å². The second kappa shape index (κ2) is 6.28. The summed E-state index contributed by atoms with van der Waals surface area (Å²) in [7, 11) is 4.93. The third-order valence-corrected chi connectivity index (χ3v) is 4.00. The third kappa shape index (κ3) is 3.13. The van der Waals surface area contributed by atoms with E-state index in [1.165, 1.54) is 14.2 Å². The molecule has 1 saturated carbocycles. The molecule has 0 radical (unpaired) electrons. The number of hydrogen-bond donors (Lipinski definition) is 1. The number of aryl methyl sites for hydroxylation is 1. The van der Waals surface area contributed by atoms with E-state index in [0.717, 1.165) is 18.7 Å². The first kappa shape index (κ1) is 15.3. The van der Waals surface area contributed by atoms with E-state index in [9.17, 15) is 4.79 Å². The maximum atomic E-state index is 12.7. The molecule has 1 atom stereocenters. The fourth-order valence-corrected chi connectivity index (χ4v) is 2.58. The normalized spacial score (nSPS) is 15.1. The van der Waals surface area contributed by atoms with Crippen LogP contribution in [0.3, 0.4) is 0 Å². The highest BCUT2D eigenvalue weighted by molar-refractivity contribution is 5.96. The van der Waals surface area contributed by atoms with Crippen LogP contribution in [0.1, 0.15) is 35.1 Å². The van der Waals surface area contributed by atoms with Crippen LogP contribution in [-0.4, -0.2) is 34.7 Å². The second-order valence-electron chi connectivity index (χ2n) is 5.60. The van der Waals surface area contributed by atoms with Crippen molar-refractivity contribution in [1.82, 2.24) is 19.9 Å². The Morgan fingerprint density at radius 2 is 2.13 bits per heavy atom. The van der Waals surface area contributed by atoms with Crippen molar-refractivity contribution >= 4 is 5.91 Å². The molecule has 122 valence electrons. The van der Waals surface area contributed by atoms with Crippen LogP contribution in [0.25, 0.3) is 0 Å². The van der Waals surface area contributed by atoms with Gasteiger partial charge in [0.1, 0.15) is 11.4 Å². The van der Waals surface area contributed by atoms with Gasteiger partial charge >= 0.3 is 0 Å². The molecule has 0 bridgehead atoms. The summed E-state index contributed by atoms with van der Waals surface area (Å²) >= 11 is 0. The van der Waals surface area contributed by atoms with E-state index in [-0.39, 0.29) is 17.8 Å². The predicted molar refractivity (Wildman–Crippen MR) is 83.5 cm³/mol. The fourth-order valence-electron chi connectivity index (χ4n) is 2.58. The number of hydrogen-bond acceptors (Lipinski definition) is 5. The number of nitrogens with one attached hydrogen (secondary N) is 1. The molecule has 0 aliphatic heterocycles.